The Bertz CT molecular complexity index is 1620. The molecule has 0 unspecified atom stereocenters. The summed E-state index contributed by atoms with van der Waals surface area (Å²) in [6, 6.07) is 13.5. The topological polar surface area (TPSA) is 117 Å². The lowest BCUT2D eigenvalue weighted by atomic mass is 9.94. The summed E-state index contributed by atoms with van der Waals surface area (Å²) in [5.41, 5.74) is 6.04. The number of aromatic nitrogens is 3. The van der Waals surface area contributed by atoms with Gasteiger partial charge in [-0.2, -0.15) is 0 Å². The highest BCUT2D eigenvalue weighted by atomic mass is 32.2. The normalized spacial score (nSPS) is 17.0. The minimum absolute atomic E-state index is 0.0115. The van der Waals surface area contributed by atoms with E-state index in [9.17, 15) is 13.2 Å². The van der Waals surface area contributed by atoms with E-state index >= 15 is 0 Å². The zero-order valence-corrected chi connectivity index (χ0v) is 20.9. The van der Waals surface area contributed by atoms with Crippen LogP contribution in [0, 0.1) is 5.92 Å². The SMILES string of the molecule is CC(C)[C@@H](Nc1ncnc2[nH]c(-c3cccc4c3NC(=O)C4)cc12)c1ccc2c(c1)S(=O)(=O)CCC2. The van der Waals surface area contributed by atoms with E-state index in [2.05, 4.69) is 39.4 Å². The summed E-state index contributed by atoms with van der Waals surface area (Å²) in [5.74, 6) is 1.03. The molecule has 4 heterocycles. The zero-order chi connectivity index (χ0) is 25.0. The molecule has 0 saturated carbocycles. The van der Waals surface area contributed by atoms with Crippen molar-refractivity contribution < 1.29 is 13.2 Å². The number of nitrogens with zero attached hydrogens (tertiary/aromatic N) is 2. The van der Waals surface area contributed by atoms with Crippen LogP contribution in [0.2, 0.25) is 0 Å². The molecule has 0 aliphatic carbocycles. The van der Waals surface area contributed by atoms with Crippen LogP contribution in [0.3, 0.4) is 0 Å². The number of hydrogen-bond donors (Lipinski definition) is 3. The van der Waals surface area contributed by atoms with Gasteiger partial charge in [-0.05, 0) is 47.6 Å². The highest BCUT2D eigenvalue weighted by Gasteiger charge is 2.27. The highest BCUT2D eigenvalue weighted by molar-refractivity contribution is 7.91. The number of aromatic amines is 1. The Hall–Kier alpha value is -3.72. The molecule has 1 amide bonds. The summed E-state index contributed by atoms with van der Waals surface area (Å²) in [6.45, 7) is 4.20. The van der Waals surface area contributed by atoms with Gasteiger partial charge in [0.25, 0.3) is 0 Å². The first-order valence-electron chi connectivity index (χ1n) is 12.2. The van der Waals surface area contributed by atoms with Crippen molar-refractivity contribution in [1.29, 1.82) is 0 Å². The molecule has 3 N–H and O–H groups in total. The van der Waals surface area contributed by atoms with Gasteiger partial charge >= 0.3 is 0 Å². The first-order valence-corrected chi connectivity index (χ1v) is 13.8. The van der Waals surface area contributed by atoms with Crippen molar-refractivity contribution in [3.05, 3.63) is 65.5 Å². The van der Waals surface area contributed by atoms with Gasteiger partial charge in [-0.3, -0.25) is 4.79 Å². The van der Waals surface area contributed by atoms with Crippen LogP contribution >= 0.6 is 0 Å². The first-order chi connectivity index (χ1) is 17.3. The smallest absolute Gasteiger partial charge is 0.228 e. The number of para-hydroxylation sites is 1. The summed E-state index contributed by atoms with van der Waals surface area (Å²) < 4.78 is 25.4. The highest BCUT2D eigenvalue weighted by Crippen LogP contribution is 2.38. The molecule has 2 aliphatic heterocycles. The molecule has 6 rings (SSSR count). The molecule has 36 heavy (non-hydrogen) atoms. The number of sulfone groups is 1. The van der Waals surface area contributed by atoms with Crippen LogP contribution in [0.1, 0.15) is 43.0 Å². The third kappa shape index (κ3) is 3.83. The summed E-state index contributed by atoms with van der Waals surface area (Å²) in [7, 11) is -3.26. The Kier molecular flexibility index (Phi) is 5.33. The second kappa shape index (κ2) is 8.44. The minimum atomic E-state index is -3.26. The second-order valence-corrected chi connectivity index (χ2v) is 12.0. The molecule has 2 aliphatic rings. The van der Waals surface area contributed by atoms with Crippen molar-refractivity contribution in [2.45, 2.75) is 44.0 Å². The Morgan fingerprint density at radius 2 is 1.92 bits per heavy atom. The molecule has 9 heteroatoms. The quantitative estimate of drug-likeness (QED) is 0.367. The third-order valence-corrected chi connectivity index (χ3v) is 8.96. The van der Waals surface area contributed by atoms with Crippen molar-refractivity contribution in [2.24, 2.45) is 5.92 Å². The molecule has 1 atom stereocenters. The van der Waals surface area contributed by atoms with Gasteiger partial charge in [-0.1, -0.05) is 44.2 Å². The van der Waals surface area contributed by atoms with Crippen LogP contribution in [0.25, 0.3) is 22.3 Å². The average Bonchev–Trinajstić information content (AvgIpc) is 3.45. The Balaban J connectivity index is 1.39. The summed E-state index contributed by atoms with van der Waals surface area (Å²) in [4.78, 5) is 24.7. The molecular formula is C27H27N5O3S. The fraction of sp³-hybridized carbons (Fsp3) is 0.296. The average molecular weight is 502 g/mol. The number of carbonyl (C=O) groups excluding carboxylic acids is 1. The summed E-state index contributed by atoms with van der Waals surface area (Å²) in [5, 5.41) is 7.35. The van der Waals surface area contributed by atoms with Gasteiger partial charge in [0, 0.05) is 11.3 Å². The van der Waals surface area contributed by atoms with Gasteiger partial charge < -0.3 is 15.6 Å². The number of rotatable bonds is 5. The standard InChI is InChI=1S/C27H27N5O3S/c1-15(2)24(18-9-8-16-6-4-10-36(34,35)22(16)11-18)32-27-20-13-21(30-26(20)28-14-29-27)19-7-3-5-17-12-23(33)31-25(17)19/h3,5,7-9,11,13-15,24H,4,6,10,12H2,1-2H3,(H,31,33)(H2,28,29,30,32)/t24-/m1/s1. The van der Waals surface area contributed by atoms with E-state index in [0.29, 0.717) is 29.2 Å². The van der Waals surface area contributed by atoms with E-state index in [-0.39, 0.29) is 23.6 Å². The lowest BCUT2D eigenvalue weighted by Gasteiger charge is -2.26. The number of aryl methyl sites for hydroxylation is 1. The van der Waals surface area contributed by atoms with E-state index in [1.54, 1.807) is 0 Å². The summed E-state index contributed by atoms with van der Waals surface area (Å²) >= 11 is 0. The molecular weight excluding hydrogens is 474 g/mol. The largest absolute Gasteiger partial charge is 0.362 e. The Labute approximate surface area is 209 Å². The maximum absolute atomic E-state index is 12.7. The van der Waals surface area contributed by atoms with Gasteiger partial charge in [0.15, 0.2) is 9.84 Å². The number of carbonyl (C=O) groups is 1. The number of hydrogen-bond acceptors (Lipinski definition) is 6. The first kappa shape index (κ1) is 22.7. The van der Waals surface area contributed by atoms with Crippen LogP contribution in [0.15, 0.2) is 53.7 Å². The van der Waals surface area contributed by atoms with Crippen LogP contribution < -0.4 is 10.6 Å². The van der Waals surface area contributed by atoms with Gasteiger partial charge in [0.05, 0.1) is 34.2 Å². The van der Waals surface area contributed by atoms with E-state index < -0.39 is 9.84 Å². The van der Waals surface area contributed by atoms with Gasteiger partial charge in [0.2, 0.25) is 5.91 Å². The number of H-pyrrole nitrogens is 1. The molecule has 0 radical (unpaired) electrons. The zero-order valence-electron chi connectivity index (χ0n) is 20.1. The molecule has 0 fully saturated rings. The van der Waals surface area contributed by atoms with Crippen LogP contribution in [-0.4, -0.2) is 35.0 Å². The molecule has 2 aromatic heterocycles. The molecule has 184 valence electrons. The maximum atomic E-state index is 12.7. The van der Waals surface area contributed by atoms with E-state index in [4.69, 9.17) is 0 Å². The maximum Gasteiger partial charge on any atom is 0.228 e. The monoisotopic (exact) mass is 501 g/mol. The molecule has 8 nitrogen and oxygen atoms in total. The number of fused-ring (bicyclic) bond motifs is 3. The van der Waals surface area contributed by atoms with E-state index in [1.807, 2.05) is 42.5 Å². The predicted octanol–water partition coefficient (Wildman–Crippen LogP) is 4.65. The lowest BCUT2D eigenvalue weighted by Crippen LogP contribution is -2.20. The van der Waals surface area contributed by atoms with Gasteiger partial charge in [0.1, 0.15) is 17.8 Å². The van der Waals surface area contributed by atoms with Crippen molar-refractivity contribution in [2.75, 3.05) is 16.4 Å². The van der Waals surface area contributed by atoms with Crippen molar-refractivity contribution in [1.82, 2.24) is 15.0 Å². The number of benzene rings is 2. The van der Waals surface area contributed by atoms with E-state index in [0.717, 1.165) is 45.4 Å². The van der Waals surface area contributed by atoms with Crippen molar-refractivity contribution >= 4 is 38.3 Å². The molecule has 0 spiro atoms. The number of amides is 1. The second-order valence-electron chi connectivity index (χ2n) is 9.89. The molecule has 2 aromatic carbocycles. The number of nitrogens with one attached hydrogen (secondary N) is 3. The lowest BCUT2D eigenvalue weighted by molar-refractivity contribution is -0.115. The van der Waals surface area contributed by atoms with Crippen molar-refractivity contribution in [3.8, 4) is 11.3 Å². The fourth-order valence-corrected chi connectivity index (χ4v) is 6.91. The molecule has 0 bridgehead atoms. The van der Waals surface area contributed by atoms with Gasteiger partial charge in [-0.15, -0.1) is 0 Å². The van der Waals surface area contributed by atoms with Gasteiger partial charge in [-0.25, -0.2) is 18.4 Å². The minimum Gasteiger partial charge on any atom is -0.362 e. The number of anilines is 2. The van der Waals surface area contributed by atoms with E-state index in [1.165, 1.54) is 6.33 Å². The molecule has 0 saturated heterocycles. The Morgan fingerprint density at radius 3 is 2.75 bits per heavy atom. The molecule has 4 aromatic rings. The van der Waals surface area contributed by atoms with Crippen molar-refractivity contribution in [3.63, 3.8) is 0 Å². The van der Waals surface area contributed by atoms with Crippen LogP contribution in [0.5, 0.6) is 0 Å². The van der Waals surface area contributed by atoms with Crippen LogP contribution in [-0.2, 0) is 27.5 Å². The Morgan fingerprint density at radius 1 is 1.06 bits per heavy atom. The third-order valence-electron chi connectivity index (χ3n) is 7.09. The summed E-state index contributed by atoms with van der Waals surface area (Å²) in [6.07, 6.45) is 3.35. The fourth-order valence-electron chi connectivity index (χ4n) is 5.28. The van der Waals surface area contributed by atoms with Crippen LogP contribution in [0.4, 0.5) is 11.5 Å². The predicted molar refractivity (Wildman–Crippen MR) is 140 cm³/mol.